The van der Waals surface area contributed by atoms with E-state index >= 15 is 0 Å². The predicted octanol–water partition coefficient (Wildman–Crippen LogP) is 2.69. The van der Waals surface area contributed by atoms with E-state index in [4.69, 9.17) is 16.6 Å². The fourth-order valence-electron chi connectivity index (χ4n) is 3.13. The van der Waals surface area contributed by atoms with Crippen LogP contribution in [0.15, 0.2) is 23.0 Å². The maximum Gasteiger partial charge on any atom is 0.420 e. The second-order valence-electron chi connectivity index (χ2n) is 6.06. The number of benzene rings is 1. The van der Waals surface area contributed by atoms with Crippen LogP contribution >= 0.6 is 11.9 Å². The fourth-order valence-corrected chi connectivity index (χ4v) is 3.27. The third-order valence-corrected chi connectivity index (χ3v) is 4.54. The number of rotatable bonds is 4. The Kier molecular flexibility index (Phi) is 5.18. The minimum Gasteiger partial charge on any atom is -0.467 e. The molecule has 1 atom stereocenters. The van der Waals surface area contributed by atoms with Gasteiger partial charge in [0.15, 0.2) is 5.75 Å². The maximum atomic E-state index is 13.1. The Labute approximate surface area is 156 Å². The third kappa shape index (κ3) is 3.66. The molecule has 1 aliphatic rings. The number of alkyl halides is 3. The topological polar surface area (TPSA) is 75.3 Å². The first-order chi connectivity index (χ1) is 12.8. The van der Waals surface area contributed by atoms with Crippen LogP contribution in [0.4, 0.5) is 13.2 Å². The van der Waals surface area contributed by atoms with Crippen molar-refractivity contribution in [3.05, 3.63) is 45.6 Å². The average Bonchev–Trinajstić information content (AvgIpc) is 2.96. The molecule has 27 heavy (non-hydrogen) atoms. The van der Waals surface area contributed by atoms with Gasteiger partial charge in [-0.1, -0.05) is 6.07 Å². The molecule has 3 rings (SSSR count). The van der Waals surface area contributed by atoms with Crippen molar-refractivity contribution in [3.63, 3.8) is 0 Å². The number of nitrogens with zero attached hydrogens (tertiary/aromatic N) is 3. The lowest BCUT2D eigenvalue weighted by Gasteiger charge is -2.20. The van der Waals surface area contributed by atoms with Gasteiger partial charge in [-0.2, -0.15) is 18.3 Å². The second-order valence-corrected chi connectivity index (χ2v) is 6.22. The Hall–Kier alpha value is -2.49. The van der Waals surface area contributed by atoms with E-state index in [1.165, 1.54) is 17.7 Å². The lowest BCUT2D eigenvalue weighted by Crippen LogP contribution is -2.35. The summed E-state index contributed by atoms with van der Waals surface area (Å²) in [4.78, 5) is 24.5. The minimum atomic E-state index is -4.67. The van der Waals surface area contributed by atoms with Crippen LogP contribution in [-0.2, 0) is 28.7 Å². The number of hydrogen-bond acceptors (Lipinski definition) is 5. The maximum absolute atomic E-state index is 13.1. The van der Waals surface area contributed by atoms with Crippen LogP contribution in [0.25, 0.3) is 0 Å². The summed E-state index contributed by atoms with van der Waals surface area (Å²) in [5.74, 6) is -0.686. The van der Waals surface area contributed by atoms with E-state index < -0.39 is 35.2 Å². The zero-order chi connectivity index (χ0) is 19.8. The summed E-state index contributed by atoms with van der Waals surface area (Å²) >= 11 is 5.09. The van der Waals surface area contributed by atoms with Crippen LogP contribution < -0.4 is 9.98 Å². The van der Waals surface area contributed by atoms with E-state index in [9.17, 15) is 22.8 Å². The van der Waals surface area contributed by atoms with Gasteiger partial charge < -0.3 is 9.03 Å². The largest absolute Gasteiger partial charge is 0.467 e. The summed E-state index contributed by atoms with van der Waals surface area (Å²) in [5.41, 5.74) is -1.45. The molecule has 2 aromatic rings. The summed E-state index contributed by atoms with van der Waals surface area (Å²) in [7, 11) is 1.23. The number of ether oxygens (including phenoxy) is 1. The summed E-state index contributed by atoms with van der Waals surface area (Å²) in [6.07, 6.45) is -3.10. The number of carbonyl (C=O) groups is 1. The molecule has 0 saturated heterocycles. The molecule has 146 valence electrons. The summed E-state index contributed by atoms with van der Waals surface area (Å²) in [6.45, 7) is -0.196. The molecule has 0 bridgehead atoms. The van der Waals surface area contributed by atoms with Crippen molar-refractivity contribution >= 4 is 17.8 Å². The zero-order valence-corrected chi connectivity index (χ0v) is 14.9. The Morgan fingerprint density at radius 1 is 1.41 bits per heavy atom. The van der Waals surface area contributed by atoms with Crippen molar-refractivity contribution in [1.29, 1.82) is 0 Å². The van der Waals surface area contributed by atoms with Crippen molar-refractivity contribution < 1.29 is 27.0 Å². The molecular formula is C16H15ClF3N3O4. The highest BCUT2D eigenvalue weighted by Crippen LogP contribution is 2.37. The second kappa shape index (κ2) is 7.26. The molecule has 7 nitrogen and oxygen atoms in total. The third-order valence-electron chi connectivity index (χ3n) is 4.37. The van der Waals surface area contributed by atoms with Gasteiger partial charge in [0, 0.05) is 6.42 Å². The number of fused-ring (bicyclic) bond motifs is 1. The first-order valence-electron chi connectivity index (χ1n) is 8.01. The number of esters is 1. The van der Waals surface area contributed by atoms with Crippen molar-refractivity contribution in [3.8, 4) is 5.75 Å². The lowest BCUT2D eigenvalue weighted by atomic mass is 10.1. The van der Waals surface area contributed by atoms with Gasteiger partial charge in [0.1, 0.15) is 29.3 Å². The Morgan fingerprint density at radius 3 is 2.78 bits per heavy atom. The Balaban J connectivity index is 1.97. The normalized spacial score (nSPS) is 16.7. The Bertz CT molecular complexity index is 923. The van der Waals surface area contributed by atoms with Gasteiger partial charge in [-0.05, 0) is 30.5 Å². The SMILES string of the molecule is COC(=O)C1CCCc2nn(Cc3ccc(OCl)c(C(F)(F)F)c3)c(=O)n21. The predicted molar refractivity (Wildman–Crippen MR) is 87.5 cm³/mol. The van der Waals surface area contributed by atoms with E-state index in [1.807, 2.05) is 0 Å². The Morgan fingerprint density at radius 2 is 2.15 bits per heavy atom. The minimum absolute atomic E-state index is 0.187. The molecule has 0 saturated carbocycles. The van der Waals surface area contributed by atoms with Gasteiger partial charge in [-0.15, -0.1) is 0 Å². The standard InChI is InChI=1S/C16H15ClF3N3O4/c1-26-14(24)11-3-2-4-13-21-22(15(25)23(11)13)8-9-5-6-12(27-17)10(7-9)16(18,19)20/h5-7,11H,2-4,8H2,1H3. The van der Waals surface area contributed by atoms with Crippen LogP contribution in [0.1, 0.15) is 35.8 Å². The first-order valence-corrected chi connectivity index (χ1v) is 8.32. The molecule has 0 aliphatic carbocycles. The number of halogens is 4. The summed E-state index contributed by atoms with van der Waals surface area (Å²) < 4.78 is 50.6. The molecule has 1 aromatic heterocycles. The average molecular weight is 406 g/mol. The van der Waals surface area contributed by atoms with Crippen LogP contribution in [0, 0.1) is 0 Å². The number of aromatic nitrogens is 3. The number of aryl methyl sites for hydroxylation is 1. The van der Waals surface area contributed by atoms with Crippen LogP contribution in [0.5, 0.6) is 5.75 Å². The van der Waals surface area contributed by atoms with Crippen molar-refractivity contribution in [2.45, 2.75) is 38.0 Å². The van der Waals surface area contributed by atoms with Crippen LogP contribution in [-0.4, -0.2) is 27.4 Å². The van der Waals surface area contributed by atoms with E-state index in [0.717, 1.165) is 16.8 Å². The van der Waals surface area contributed by atoms with Crippen LogP contribution in [0.3, 0.4) is 0 Å². The van der Waals surface area contributed by atoms with E-state index in [2.05, 4.69) is 9.39 Å². The number of hydrogen-bond donors (Lipinski definition) is 0. The highest BCUT2D eigenvalue weighted by atomic mass is 35.5. The van der Waals surface area contributed by atoms with Gasteiger partial charge in [0.2, 0.25) is 0 Å². The molecule has 0 N–H and O–H groups in total. The molecule has 0 spiro atoms. The molecule has 2 heterocycles. The monoisotopic (exact) mass is 405 g/mol. The molecule has 0 radical (unpaired) electrons. The van der Waals surface area contributed by atoms with Gasteiger partial charge in [0.25, 0.3) is 0 Å². The quantitative estimate of drug-likeness (QED) is 0.731. The molecule has 1 aliphatic heterocycles. The smallest absolute Gasteiger partial charge is 0.420 e. The fraction of sp³-hybridized carbons (Fsp3) is 0.438. The van der Waals surface area contributed by atoms with Crippen LogP contribution in [0.2, 0.25) is 0 Å². The zero-order valence-electron chi connectivity index (χ0n) is 14.1. The molecule has 11 heteroatoms. The highest BCUT2D eigenvalue weighted by molar-refractivity contribution is 6.09. The lowest BCUT2D eigenvalue weighted by molar-refractivity contribution is -0.145. The summed E-state index contributed by atoms with van der Waals surface area (Å²) in [5, 5.41) is 4.17. The van der Waals surface area contributed by atoms with E-state index in [-0.39, 0.29) is 12.1 Å². The van der Waals surface area contributed by atoms with Gasteiger partial charge in [-0.25, -0.2) is 14.3 Å². The molecule has 1 unspecified atom stereocenters. The molecular weight excluding hydrogens is 391 g/mol. The first kappa shape index (κ1) is 19.3. The molecule has 0 amide bonds. The molecule has 0 fully saturated rings. The number of carbonyl (C=O) groups excluding carboxylic acids is 1. The van der Waals surface area contributed by atoms with Gasteiger partial charge >= 0.3 is 17.8 Å². The van der Waals surface area contributed by atoms with E-state index in [1.54, 1.807) is 0 Å². The van der Waals surface area contributed by atoms with E-state index in [0.29, 0.717) is 25.1 Å². The van der Waals surface area contributed by atoms with Gasteiger partial charge in [-0.3, -0.25) is 4.57 Å². The molecule has 1 aromatic carbocycles. The van der Waals surface area contributed by atoms with Crippen molar-refractivity contribution in [1.82, 2.24) is 14.3 Å². The summed E-state index contributed by atoms with van der Waals surface area (Å²) in [6, 6.07) is 2.50. The number of methoxy groups -OCH3 is 1. The van der Waals surface area contributed by atoms with Crippen molar-refractivity contribution in [2.24, 2.45) is 0 Å². The van der Waals surface area contributed by atoms with Crippen molar-refractivity contribution in [2.75, 3.05) is 7.11 Å². The highest BCUT2D eigenvalue weighted by Gasteiger charge is 2.35. The van der Waals surface area contributed by atoms with Gasteiger partial charge in [0.05, 0.1) is 13.7 Å².